The van der Waals surface area contributed by atoms with E-state index in [2.05, 4.69) is 10.3 Å². The first-order valence-electron chi connectivity index (χ1n) is 8.22. The van der Waals surface area contributed by atoms with E-state index in [0.29, 0.717) is 17.1 Å². The van der Waals surface area contributed by atoms with Gasteiger partial charge in [-0.2, -0.15) is 0 Å². The molecule has 0 spiro atoms. The number of nitrogens with zero attached hydrogens (tertiary/aromatic N) is 1. The van der Waals surface area contributed by atoms with E-state index in [9.17, 15) is 4.79 Å². The Bertz CT molecular complexity index is 661. The summed E-state index contributed by atoms with van der Waals surface area (Å²) in [6.45, 7) is 1.92. The van der Waals surface area contributed by atoms with E-state index in [1.54, 1.807) is 6.20 Å². The number of rotatable bonds is 4. The van der Waals surface area contributed by atoms with E-state index in [1.165, 1.54) is 19.3 Å². The molecular formula is C19H22N2O2. The molecule has 1 amide bonds. The van der Waals surface area contributed by atoms with E-state index in [1.807, 2.05) is 43.3 Å². The summed E-state index contributed by atoms with van der Waals surface area (Å²) in [6, 6.07) is 11.2. The lowest BCUT2D eigenvalue weighted by Gasteiger charge is -2.22. The third-order valence-corrected chi connectivity index (χ3v) is 4.22. The van der Waals surface area contributed by atoms with Gasteiger partial charge in [0.2, 0.25) is 5.88 Å². The van der Waals surface area contributed by atoms with Crippen LogP contribution in [0.15, 0.2) is 42.6 Å². The topological polar surface area (TPSA) is 51.2 Å². The molecule has 0 radical (unpaired) electrons. The Kier molecular flexibility index (Phi) is 4.91. The van der Waals surface area contributed by atoms with Gasteiger partial charge in [-0.3, -0.25) is 4.79 Å². The lowest BCUT2D eigenvalue weighted by Crippen LogP contribution is -2.20. The average molecular weight is 310 g/mol. The van der Waals surface area contributed by atoms with Crippen LogP contribution in [0.25, 0.3) is 0 Å². The van der Waals surface area contributed by atoms with Crippen LogP contribution in [0.3, 0.4) is 0 Å². The van der Waals surface area contributed by atoms with Crippen LogP contribution >= 0.6 is 0 Å². The normalized spacial score (nSPS) is 15.2. The van der Waals surface area contributed by atoms with E-state index in [-0.39, 0.29) is 12.0 Å². The molecule has 0 unspecified atom stereocenters. The molecule has 1 saturated carbocycles. The number of amides is 1. The van der Waals surface area contributed by atoms with Crippen LogP contribution in [-0.4, -0.2) is 17.0 Å². The molecule has 2 aromatic rings. The van der Waals surface area contributed by atoms with Gasteiger partial charge in [0.1, 0.15) is 6.10 Å². The van der Waals surface area contributed by atoms with Crippen LogP contribution in [0.2, 0.25) is 0 Å². The maximum atomic E-state index is 12.3. The second-order valence-electron chi connectivity index (χ2n) is 6.03. The van der Waals surface area contributed by atoms with Crippen molar-refractivity contribution in [1.82, 2.24) is 4.98 Å². The number of carbonyl (C=O) groups excluding carboxylic acids is 1. The first-order chi connectivity index (χ1) is 11.2. The number of aromatic nitrogens is 1. The van der Waals surface area contributed by atoms with E-state index < -0.39 is 0 Å². The van der Waals surface area contributed by atoms with E-state index in [4.69, 9.17) is 4.74 Å². The zero-order chi connectivity index (χ0) is 16.1. The molecule has 0 atom stereocenters. The summed E-state index contributed by atoms with van der Waals surface area (Å²) in [7, 11) is 0. The molecule has 23 heavy (non-hydrogen) atoms. The molecule has 4 heteroatoms. The van der Waals surface area contributed by atoms with Crippen molar-refractivity contribution < 1.29 is 9.53 Å². The highest BCUT2D eigenvalue weighted by atomic mass is 16.5. The fourth-order valence-corrected chi connectivity index (χ4v) is 2.90. The van der Waals surface area contributed by atoms with Gasteiger partial charge in [0, 0.05) is 11.6 Å². The summed E-state index contributed by atoms with van der Waals surface area (Å²) in [5, 5.41) is 2.87. The highest BCUT2D eigenvalue weighted by Gasteiger charge is 2.15. The molecule has 1 fully saturated rings. The minimum atomic E-state index is -0.120. The minimum Gasteiger partial charge on any atom is -0.474 e. The summed E-state index contributed by atoms with van der Waals surface area (Å²) >= 11 is 0. The Morgan fingerprint density at radius 2 is 1.91 bits per heavy atom. The quantitative estimate of drug-likeness (QED) is 0.913. The number of aryl methyl sites for hydroxylation is 1. The molecular weight excluding hydrogens is 288 g/mol. The van der Waals surface area contributed by atoms with Crippen molar-refractivity contribution in [3.8, 4) is 5.88 Å². The Morgan fingerprint density at radius 1 is 1.13 bits per heavy atom. The Hall–Kier alpha value is -2.36. The summed E-state index contributed by atoms with van der Waals surface area (Å²) in [4.78, 5) is 16.6. The number of nitrogens with one attached hydrogen (secondary N) is 1. The maximum Gasteiger partial charge on any atom is 0.255 e. The van der Waals surface area contributed by atoms with Crippen LogP contribution in [-0.2, 0) is 0 Å². The van der Waals surface area contributed by atoms with Crippen LogP contribution < -0.4 is 10.1 Å². The summed E-state index contributed by atoms with van der Waals surface area (Å²) < 4.78 is 5.90. The number of anilines is 1. The first-order valence-corrected chi connectivity index (χ1v) is 8.22. The number of benzene rings is 1. The molecule has 0 aliphatic heterocycles. The van der Waals surface area contributed by atoms with Crippen LogP contribution in [0, 0.1) is 6.92 Å². The molecule has 120 valence electrons. The van der Waals surface area contributed by atoms with Gasteiger partial charge in [0.25, 0.3) is 5.91 Å². The third-order valence-electron chi connectivity index (χ3n) is 4.22. The molecule has 0 saturated heterocycles. The molecule has 1 aromatic heterocycles. The number of hydrogen-bond acceptors (Lipinski definition) is 3. The van der Waals surface area contributed by atoms with Crippen molar-refractivity contribution in [2.45, 2.75) is 45.1 Å². The predicted molar refractivity (Wildman–Crippen MR) is 90.9 cm³/mol. The largest absolute Gasteiger partial charge is 0.474 e. The molecule has 1 aliphatic rings. The highest BCUT2D eigenvalue weighted by molar-refractivity contribution is 6.05. The molecule has 1 heterocycles. The third kappa shape index (κ3) is 4.09. The van der Waals surface area contributed by atoms with Crippen LogP contribution in [0.5, 0.6) is 5.88 Å². The Balaban J connectivity index is 1.61. The van der Waals surface area contributed by atoms with E-state index in [0.717, 1.165) is 18.4 Å². The van der Waals surface area contributed by atoms with Gasteiger partial charge in [0.05, 0.1) is 11.9 Å². The molecule has 1 N–H and O–H groups in total. The number of hydrogen-bond donors (Lipinski definition) is 1. The average Bonchev–Trinajstić information content (AvgIpc) is 2.58. The fourth-order valence-electron chi connectivity index (χ4n) is 2.90. The van der Waals surface area contributed by atoms with Crippen LogP contribution in [0.4, 0.5) is 5.69 Å². The zero-order valence-electron chi connectivity index (χ0n) is 13.4. The number of ether oxygens (including phenoxy) is 1. The van der Waals surface area contributed by atoms with Gasteiger partial charge in [-0.15, -0.1) is 0 Å². The fraction of sp³-hybridized carbons (Fsp3) is 0.368. The minimum absolute atomic E-state index is 0.120. The molecule has 4 nitrogen and oxygen atoms in total. The zero-order valence-corrected chi connectivity index (χ0v) is 13.4. The molecule has 1 aliphatic carbocycles. The lowest BCUT2D eigenvalue weighted by atomic mass is 9.98. The van der Waals surface area contributed by atoms with Crippen molar-refractivity contribution in [2.24, 2.45) is 0 Å². The predicted octanol–water partition coefficient (Wildman–Crippen LogP) is 4.35. The SMILES string of the molecule is Cc1ccccc1C(=O)Nc1ccc(OC2CCCCC2)nc1. The smallest absolute Gasteiger partial charge is 0.255 e. The molecule has 0 bridgehead atoms. The van der Waals surface area contributed by atoms with Crippen molar-refractivity contribution in [2.75, 3.05) is 5.32 Å². The van der Waals surface area contributed by atoms with Gasteiger partial charge in [-0.05, 0) is 50.3 Å². The number of carbonyl (C=O) groups is 1. The van der Waals surface area contributed by atoms with Gasteiger partial charge in [-0.25, -0.2) is 4.98 Å². The van der Waals surface area contributed by atoms with Crippen molar-refractivity contribution in [3.63, 3.8) is 0 Å². The van der Waals surface area contributed by atoms with Gasteiger partial charge in [0.15, 0.2) is 0 Å². The molecule has 3 rings (SSSR count). The summed E-state index contributed by atoms with van der Waals surface area (Å²) in [5.74, 6) is 0.511. The summed E-state index contributed by atoms with van der Waals surface area (Å²) in [5.41, 5.74) is 2.31. The Morgan fingerprint density at radius 3 is 2.61 bits per heavy atom. The van der Waals surface area contributed by atoms with Gasteiger partial charge in [-0.1, -0.05) is 24.6 Å². The van der Waals surface area contributed by atoms with Crippen molar-refractivity contribution in [3.05, 3.63) is 53.7 Å². The van der Waals surface area contributed by atoms with E-state index >= 15 is 0 Å². The summed E-state index contributed by atoms with van der Waals surface area (Å²) in [6.07, 6.45) is 7.90. The standard InChI is InChI=1S/C19H22N2O2/c1-14-7-5-6-10-17(14)19(22)21-15-11-12-18(20-13-15)23-16-8-3-2-4-9-16/h5-7,10-13,16H,2-4,8-9H2,1H3,(H,21,22). The second kappa shape index (κ2) is 7.27. The second-order valence-corrected chi connectivity index (χ2v) is 6.03. The van der Waals surface area contributed by atoms with Crippen molar-refractivity contribution >= 4 is 11.6 Å². The monoisotopic (exact) mass is 310 g/mol. The Labute approximate surface area is 136 Å². The molecule has 1 aromatic carbocycles. The van der Waals surface area contributed by atoms with Crippen molar-refractivity contribution in [1.29, 1.82) is 0 Å². The van der Waals surface area contributed by atoms with Gasteiger partial charge >= 0.3 is 0 Å². The van der Waals surface area contributed by atoms with Crippen LogP contribution in [0.1, 0.15) is 48.0 Å². The number of pyridine rings is 1. The first kappa shape index (κ1) is 15.5. The lowest BCUT2D eigenvalue weighted by molar-refractivity contribution is 0.102. The maximum absolute atomic E-state index is 12.3. The van der Waals surface area contributed by atoms with Gasteiger partial charge < -0.3 is 10.1 Å². The highest BCUT2D eigenvalue weighted by Crippen LogP contribution is 2.23.